The first-order valence-electron chi connectivity index (χ1n) is 6.24. The Balaban J connectivity index is 2.18. The summed E-state index contributed by atoms with van der Waals surface area (Å²) in [5, 5.41) is 8.31. The average Bonchev–Trinajstić information content (AvgIpc) is 2.80. The van der Waals surface area contributed by atoms with Gasteiger partial charge in [0.15, 0.2) is 0 Å². The molecule has 1 aliphatic rings. The molecule has 5 heteroatoms. The highest BCUT2D eigenvalue weighted by atomic mass is 15.3. The van der Waals surface area contributed by atoms with Crippen molar-refractivity contribution in [1.29, 1.82) is 0 Å². The third-order valence-corrected chi connectivity index (χ3v) is 3.82. The van der Waals surface area contributed by atoms with E-state index in [9.17, 15) is 0 Å². The SMILES string of the molecule is Cc1nnc(N(C)C2CCCC2CN)nc1C. The van der Waals surface area contributed by atoms with E-state index in [1.54, 1.807) is 0 Å². The van der Waals surface area contributed by atoms with Gasteiger partial charge >= 0.3 is 0 Å². The highest BCUT2D eigenvalue weighted by molar-refractivity contribution is 5.31. The fourth-order valence-electron chi connectivity index (χ4n) is 2.55. The molecule has 1 aromatic heterocycles. The number of nitrogens with zero attached hydrogens (tertiary/aromatic N) is 4. The molecule has 2 unspecified atom stereocenters. The monoisotopic (exact) mass is 235 g/mol. The van der Waals surface area contributed by atoms with Gasteiger partial charge in [-0.15, -0.1) is 5.10 Å². The van der Waals surface area contributed by atoms with E-state index in [4.69, 9.17) is 5.73 Å². The Morgan fingerprint density at radius 2 is 2.00 bits per heavy atom. The van der Waals surface area contributed by atoms with Crippen LogP contribution < -0.4 is 10.6 Å². The third-order valence-electron chi connectivity index (χ3n) is 3.82. The quantitative estimate of drug-likeness (QED) is 0.848. The smallest absolute Gasteiger partial charge is 0.245 e. The Bertz CT molecular complexity index is 392. The Hall–Kier alpha value is -1.23. The number of aromatic nitrogens is 3. The van der Waals surface area contributed by atoms with Crippen LogP contribution in [-0.4, -0.2) is 34.8 Å². The molecule has 0 spiro atoms. The number of rotatable bonds is 3. The van der Waals surface area contributed by atoms with Crippen molar-refractivity contribution < 1.29 is 0 Å². The molecule has 2 atom stereocenters. The first-order valence-corrected chi connectivity index (χ1v) is 6.24. The maximum atomic E-state index is 5.81. The molecule has 0 bridgehead atoms. The fourth-order valence-corrected chi connectivity index (χ4v) is 2.55. The molecule has 1 saturated carbocycles. The van der Waals surface area contributed by atoms with Crippen molar-refractivity contribution in [3.05, 3.63) is 11.4 Å². The highest BCUT2D eigenvalue weighted by Crippen LogP contribution is 2.30. The topological polar surface area (TPSA) is 67.9 Å². The summed E-state index contributed by atoms with van der Waals surface area (Å²) < 4.78 is 0. The lowest BCUT2D eigenvalue weighted by Gasteiger charge is -2.28. The summed E-state index contributed by atoms with van der Waals surface area (Å²) in [5.41, 5.74) is 7.65. The second kappa shape index (κ2) is 4.96. The first-order chi connectivity index (χ1) is 8.13. The van der Waals surface area contributed by atoms with Crippen molar-refractivity contribution in [1.82, 2.24) is 15.2 Å². The Labute approximate surface area is 102 Å². The predicted molar refractivity (Wildman–Crippen MR) is 67.9 cm³/mol. The van der Waals surface area contributed by atoms with Gasteiger partial charge in [0.2, 0.25) is 5.95 Å². The van der Waals surface area contributed by atoms with Gasteiger partial charge in [-0.25, -0.2) is 4.98 Å². The molecule has 0 aromatic carbocycles. The van der Waals surface area contributed by atoms with Gasteiger partial charge in [-0.1, -0.05) is 6.42 Å². The zero-order valence-electron chi connectivity index (χ0n) is 10.8. The molecule has 1 aromatic rings. The molecule has 1 aliphatic carbocycles. The van der Waals surface area contributed by atoms with E-state index in [1.165, 1.54) is 19.3 Å². The summed E-state index contributed by atoms with van der Waals surface area (Å²) in [4.78, 5) is 6.64. The van der Waals surface area contributed by atoms with Gasteiger partial charge in [0.1, 0.15) is 0 Å². The fraction of sp³-hybridized carbons (Fsp3) is 0.750. The van der Waals surface area contributed by atoms with E-state index in [0.717, 1.165) is 23.9 Å². The van der Waals surface area contributed by atoms with Gasteiger partial charge in [0, 0.05) is 13.1 Å². The molecular formula is C12H21N5. The van der Waals surface area contributed by atoms with Crippen LogP contribution in [0.1, 0.15) is 30.7 Å². The lowest BCUT2D eigenvalue weighted by molar-refractivity contribution is 0.468. The molecule has 0 aliphatic heterocycles. The van der Waals surface area contributed by atoms with E-state index in [0.29, 0.717) is 12.0 Å². The van der Waals surface area contributed by atoms with Gasteiger partial charge in [-0.05, 0) is 39.2 Å². The Morgan fingerprint density at radius 3 is 2.65 bits per heavy atom. The summed E-state index contributed by atoms with van der Waals surface area (Å²) in [6, 6.07) is 0.462. The molecule has 1 fully saturated rings. The van der Waals surface area contributed by atoms with E-state index in [2.05, 4.69) is 20.1 Å². The molecular weight excluding hydrogens is 214 g/mol. The maximum absolute atomic E-state index is 5.81. The van der Waals surface area contributed by atoms with Crippen molar-refractivity contribution in [3.63, 3.8) is 0 Å². The lowest BCUT2D eigenvalue weighted by atomic mass is 10.0. The molecule has 0 saturated heterocycles. The predicted octanol–water partition coefficient (Wildman–Crippen LogP) is 1.05. The molecule has 2 N–H and O–H groups in total. The number of hydrogen-bond acceptors (Lipinski definition) is 5. The molecule has 5 nitrogen and oxygen atoms in total. The average molecular weight is 235 g/mol. The molecule has 2 rings (SSSR count). The maximum Gasteiger partial charge on any atom is 0.245 e. The van der Waals surface area contributed by atoms with Crippen molar-refractivity contribution in [2.75, 3.05) is 18.5 Å². The van der Waals surface area contributed by atoms with Crippen LogP contribution in [0.4, 0.5) is 5.95 Å². The summed E-state index contributed by atoms with van der Waals surface area (Å²) in [6.07, 6.45) is 3.63. The number of aryl methyl sites for hydroxylation is 2. The number of anilines is 1. The molecule has 17 heavy (non-hydrogen) atoms. The molecule has 0 radical (unpaired) electrons. The van der Waals surface area contributed by atoms with Crippen LogP contribution in [0, 0.1) is 19.8 Å². The minimum atomic E-state index is 0.462. The summed E-state index contributed by atoms with van der Waals surface area (Å²) in [7, 11) is 2.05. The van der Waals surface area contributed by atoms with Crippen LogP contribution >= 0.6 is 0 Å². The molecule has 1 heterocycles. The van der Waals surface area contributed by atoms with Crippen LogP contribution in [0.15, 0.2) is 0 Å². The van der Waals surface area contributed by atoms with Gasteiger partial charge < -0.3 is 10.6 Å². The van der Waals surface area contributed by atoms with Crippen LogP contribution in [0.25, 0.3) is 0 Å². The number of nitrogens with two attached hydrogens (primary N) is 1. The van der Waals surface area contributed by atoms with E-state index in [-0.39, 0.29) is 0 Å². The second-order valence-electron chi connectivity index (χ2n) is 4.89. The van der Waals surface area contributed by atoms with E-state index < -0.39 is 0 Å². The zero-order chi connectivity index (χ0) is 12.4. The van der Waals surface area contributed by atoms with Crippen LogP contribution in [-0.2, 0) is 0 Å². The Morgan fingerprint density at radius 1 is 1.24 bits per heavy atom. The van der Waals surface area contributed by atoms with Crippen LogP contribution in [0.2, 0.25) is 0 Å². The zero-order valence-corrected chi connectivity index (χ0v) is 10.8. The van der Waals surface area contributed by atoms with Gasteiger partial charge in [0.25, 0.3) is 0 Å². The summed E-state index contributed by atoms with van der Waals surface area (Å²) in [5.74, 6) is 1.28. The minimum Gasteiger partial charge on any atom is -0.339 e. The summed E-state index contributed by atoms with van der Waals surface area (Å²) >= 11 is 0. The minimum absolute atomic E-state index is 0.462. The summed E-state index contributed by atoms with van der Waals surface area (Å²) in [6.45, 7) is 4.64. The highest BCUT2D eigenvalue weighted by Gasteiger charge is 2.30. The first kappa shape index (κ1) is 12.2. The van der Waals surface area contributed by atoms with Crippen LogP contribution in [0.3, 0.4) is 0 Å². The standard InChI is InChI=1S/C12H21N5/c1-8-9(2)15-16-12(14-8)17(3)11-6-4-5-10(11)7-13/h10-11H,4-7,13H2,1-3H3. The van der Waals surface area contributed by atoms with E-state index >= 15 is 0 Å². The normalized spacial score (nSPS) is 24.0. The van der Waals surface area contributed by atoms with Gasteiger partial charge in [-0.3, -0.25) is 0 Å². The Kier molecular flexibility index (Phi) is 3.57. The van der Waals surface area contributed by atoms with Crippen LogP contribution in [0.5, 0.6) is 0 Å². The van der Waals surface area contributed by atoms with E-state index in [1.807, 2.05) is 20.9 Å². The number of hydrogen-bond donors (Lipinski definition) is 1. The lowest BCUT2D eigenvalue weighted by Crippen LogP contribution is -2.39. The third kappa shape index (κ3) is 2.39. The van der Waals surface area contributed by atoms with Crippen molar-refractivity contribution in [2.45, 2.75) is 39.2 Å². The van der Waals surface area contributed by atoms with Gasteiger partial charge in [0.05, 0.1) is 11.4 Å². The second-order valence-corrected chi connectivity index (χ2v) is 4.89. The van der Waals surface area contributed by atoms with Crippen molar-refractivity contribution in [2.24, 2.45) is 11.7 Å². The van der Waals surface area contributed by atoms with Crippen molar-refractivity contribution in [3.8, 4) is 0 Å². The molecule has 94 valence electrons. The largest absolute Gasteiger partial charge is 0.339 e. The van der Waals surface area contributed by atoms with Crippen molar-refractivity contribution >= 4 is 5.95 Å². The molecule has 0 amide bonds. The van der Waals surface area contributed by atoms with Gasteiger partial charge in [-0.2, -0.15) is 5.10 Å².